The third-order valence-corrected chi connectivity index (χ3v) is 4.07. The number of anilines is 1. The highest BCUT2D eigenvalue weighted by Crippen LogP contribution is 2.27. The van der Waals surface area contributed by atoms with Crippen LogP contribution >= 0.6 is 0 Å². The molecule has 0 spiro atoms. The summed E-state index contributed by atoms with van der Waals surface area (Å²) in [5, 5.41) is 14.5. The highest BCUT2D eigenvalue weighted by molar-refractivity contribution is 6.02. The first-order valence-electron chi connectivity index (χ1n) is 9.40. The van der Waals surface area contributed by atoms with E-state index in [1.807, 2.05) is 36.4 Å². The largest absolute Gasteiger partial charge is 0.444 e. The molecule has 0 aliphatic heterocycles. The van der Waals surface area contributed by atoms with E-state index in [4.69, 9.17) is 9.15 Å². The van der Waals surface area contributed by atoms with Crippen LogP contribution in [0.4, 0.5) is 10.7 Å². The summed E-state index contributed by atoms with van der Waals surface area (Å²) in [4.78, 5) is 37.0. The maximum absolute atomic E-state index is 12.9. The number of hydrogen-bond acceptors (Lipinski definition) is 6. The highest BCUT2D eigenvalue weighted by atomic mass is 16.6. The van der Waals surface area contributed by atoms with E-state index in [1.165, 1.54) is 13.8 Å². The lowest BCUT2D eigenvalue weighted by atomic mass is 10.0. The van der Waals surface area contributed by atoms with Gasteiger partial charge in [-0.15, -0.1) is 0 Å². The van der Waals surface area contributed by atoms with Gasteiger partial charge in [0.1, 0.15) is 29.0 Å². The molecule has 1 unspecified atom stereocenters. The van der Waals surface area contributed by atoms with Gasteiger partial charge >= 0.3 is 6.09 Å². The highest BCUT2D eigenvalue weighted by Gasteiger charge is 2.28. The Labute approximate surface area is 175 Å². The number of nitrogens with zero attached hydrogens (tertiary/aromatic N) is 1. The van der Waals surface area contributed by atoms with Crippen LogP contribution < -0.4 is 10.6 Å². The van der Waals surface area contributed by atoms with Crippen LogP contribution in [0.1, 0.15) is 54.9 Å². The van der Waals surface area contributed by atoms with E-state index in [1.54, 1.807) is 20.8 Å². The summed E-state index contributed by atoms with van der Waals surface area (Å²) >= 11 is 0. The first-order valence-corrected chi connectivity index (χ1v) is 9.40. The summed E-state index contributed by atoms with van der Waals surface area (Å²) < 4.78 is 10.7. The number of carbonyl (C=O) groups excluding carboxylic acids is 3. The first kappa shape index (κ1) is 22.7. The number of Topliss-reactive ketones (excluding diaryl/α,β-unsaturated/α-hetero) is 1. The van der Waals surface area contributed by atoms with Crippen LogP contribution in [-0.2, 0) is 16.0 Å². The molecule has 8 heteroatoms. The number of rotatable bonds is 6. The minimum Gasteiger partial charge on any atom is -0.444 e. The van der Waals surface area contributed by atoms with Gasteiger partial charge in [-0.3, -0.25) is 14.9 Å². The second-order valence-corrected chi connectivity index (χ2v) is 7.78. The molecule has 30 heavy (non-hydrogen) atoms. The molecule has 0 saturated heterocycles. The quantitative estimate of drug-likeness (QED) is 0.699. The second kappa shape index (κ2) is 9.27. The molecule has 2 rings (SSSR count). The molecule has 1 heterocycles. The van der Waals surface area contributed by atoms with E-state index in [-0.39, 0.29) is 35.0 Å². The van der Waals surface area contributed by atoms with E-state index < -0.39 is 23.6 Å². The summed E-state index contributed by atoms with van der Waals surface area (Å²) in [6.07, 6.45) is -0.563. The molecule has 0 saturated carbocycles. The van der Waals surface area contributed by atoms with Crippen LogP contribution in [0.5, 0.6) is 0 Å². The predicted octanol–water partition coefficient (Wildman–Crippen LogP) is 3.74. The van der Waals surface area contributed by atoms with E-state index in [0.717, 1.165) is 5.56 Å². The fourth-order valence-electron chi connectivity index (χ4n) is 2.87. The number of furan rings is 1. The molecule has 0 aliphatic rings. The zero-order chi connectivity index (χ0) is 22.5. The summed E-state index contributed by atoms with van der Waals surface area (Å²) in [5.74, 6) is -0.852. The zero-order valence-electron chi connectivity index (χ0n) is 17.7. The van der Waals surface area contributed by atoms with Gasteiger partial charge in [0.15, 0.2) is 5.78 Å². The Hall–Kier alpha value is -3.60. The second-order valence-electron chi connectivity index (χ2n) is 7.78. The van der Waals surface area contributed by atoms with Crippen LogP contribution in [0, 0.1) is 18.3 Å². The van der Waals surface area contributed by atoms with Gasteiger partial charge in [0.2, 0.25) is 11.8 Å². The molecule has 2 amide bonds. The smallest absolute Gasteiger partial charge is 0.408 e. The van der Waals surface area contributed by atoms with E-state index in [2.05, 4.69) is 10.6 Å². The average Bonchev–Trinajstić information content (AvgIpc) is 2.95. The molecular formula is C22H25N3O5. The maximum atomic E-state index is 12.9. The van der Waals surface area contributed by atoms with Gasteiger partial charge in [-0.05, 0) is 40.2 Å². The van der Waals surface area contributed by atoms with Gasteiger partial charge in [0.05, 0.1) is 5.56 Å². The van der Waals surface area contributed by atoms with Gasteiger partial charge in [0.25, 0.3) is 0 Å². The van der Waals surface area contributed by atoms with Crippen molar-refractivity contribution in [3.05, 3.63) is 52.8 Å². The molecule has 0 bridgehead atoms. The number of amides is 2. The number of hydrogen-bond donors (Lipinski definition) is 2. The molecule has 1 aromatic carbocycles. The Morgan fingerprint density at radius 3 is 2.37 bits per heavy atom. The fraction of sp³-hybridized carbons (Fsp3) is 0.364. The minimum absolute atomic E-state index is 0.0518. The Morgan fingerprint density at radius 2 is 1.83 bits per heavy atom. The average molecular weight is 411 g/mol. The van der Waals surface area contributed by atoms with E-state index >= 15 is 0 Å². The molecule has 8 nitrogen and oxygen atoms in total. The van der Waals surface area contributed by atoms with E-state index in [0.29, 0.717) is 0 Å². The number of aryl methyl sites for hydroxylation is 1. The number of nitriles is 1. The molecule has 1 atom stereocenters. The predicted molar refractivity (Wildman–Crippen MR) is 110 cm³/mol. The van der Waals surface area contributed by atoms with Gasteiger partial charge < -0.3 is 14.5 Å². The Bertz CT molecular complexity index is 981. The minimum atomic E-state index is -1.00. The number of nitrogens with one attached hydrogen (secondary N) is 2. The fourth-order valence-corrected chi connectivity index (χ4v) is 2.87. The van der Waals surface area contributed by atoms with Crippen molar-refractivity contribution in [1.82, 2.24) is 5.32 Å². The van der Waals surface area contributed by atoms with Crippen molar-refractivity contribution in [2.24, 2.45) is 0 Å². The van der Waals surface area contributed by atoms with Crippen molar-refractivity contribution in [2.45, 2.75) is 52.7 Å². The number of ketones is 1. The number of ether oxygens (including phenoxy) is 1. The summed E-state index contributed by atoms with van der Waals surface area (Å²) in [6.45, 7) is 7.99. The van der Waals surface area contributed by atoms with Gasteiger partial charge in [-0.25, -0.2) is 4.79 Å². The Balaban J connectivity index is 2.28. The Kier molecular flexibility index (Phi) is 7.01. The van der Waals surface area contributed by atoms with Crippen molar-refractivity contribution in [3.63, 3.8) is 0 Å². The van der Waals surface area contributed by atoms with Crippen molar-refractivity contribution >= 4 is 23.7 Å². The topological polar surface area (TPSA) is 121 Å². The summed E-state index contributed by atoms with van der Waals surface area (Å²) in [6, 6.07) is 10.0. The van der Waals surface area contributed by atoms with Crippen molar-refractivity contribution in [1.29, 1.82) is 5.26 Å². The molecule has 158 valence electrons. The lowest BCUT2D eigenvalue weighted by Crippen LogP contribution is -2.47. The molecule has 0 radical (unpaired) electrons. The van der Waals surface area contributed by atoms with Gasteiger partial charge in [-0.1, -0.05) is 30.3 Å². The summed E-state index contributed by atoms with van der Waals surface area (Å²) in [5.41, 5.74) is 0.145. The van der Waals surface area contributed by atoms with Crippen molar-refractivity contribution in [2.75, 3.05) is 5.32 Å². The molecule has 2 aromatic rings. The van der Waals surface area contributed by atoms with Crippen LogP contribution in [0.2, 0.25) is 0 Å². The third kappa shape index (κ3) is 5.95. The lowest BCUT2D eigenvalue weighted by molar-refractivity contribution is -0.118. The third-order valence-electron chi connectivity index (χ3n) is 4.07. The molecule has 0 fully saturated rings. The first-order chi connectivity index (χ1) is 14.0. The SMILES string of the molecule is CC(=O)c1c(C)oc(NC(=O)C(Cc2ccccc2)NC(=O)OC(C)(C)C)c1C#N. The monoisotopic (exact) mass is 411 g/mol. The number of alkyl carbamates (subject to hydrolysis) is 1. The van der Waals surface area contributed by atoms with Crippen molar-refractivity contribution in [3.8, 4) is 6.07 Å². The maximum Gasteiger partial charge on any atom is 0.408 e. The summed E-state index contributed by atoms with van der Waals surface area (Å²) in [7, 11) is 0. The normalized spacial score (nSPS) is 11.9. The number of benzene rings is 1. The van der Waals surface area contributed by atoms with Crippen LogP contribution in [0.25, 0.3) is 0 Å². The Morgan fingerprint density at radius 1 is 1.20 bits per heavy atom. The molecule has 0 aliphatic carbocycles. The van der Waals surface area contributed by atoms with E-state index in [9.17, 15) is 19.6 Å². The van der Waals surface area contributed by atoms with Crippen LogP contribution in [0.3, 0.4) is 0 Å². The van der Waals surface area contributed by atoms with Gasteiger partial charge in [-0.2, -0.15) is 5.26 Å². The molecular weight excluding hydrogens is 386 g/mol. The molecule has 2 N–H and O–H groups in total. The molecule has 1 aromatic heterocycles. The van der Waals surface area contributed by atoms with Crippen LogP contribution in [-0.4, -0.2) is 29.4 Å². The van der Waals surface area contributed by atoms with Crippen LogP contribution in [0.15, 0.2) is 34.7 Å². The van der Waals surface area contributed by atoms with Gasteiger partial charge in [0, 0.05) is 6.42 Å². The zero-order valence-corrected chi connectivity index (χ0v) is 17.7. The van der Waals surface area contributed by atoms with Crippen molar-refractivity contribution < 1.29 is 23.5 Å². The standard InChI is InChI=1S/C22H25N3O5/c1-13(26)18-14(2)29-20(16(18)12-23)25-19(27)17(11-15-9-7-6-8-10-15)24-21(28)30-22(3,4)5/h6-10,17H,11H2,1-5H3,(H,24,28)(H,25,27). The number of carbonyl (C=O) groups is 3. The lowest BCUT2D eigenvalue weighted by Gasteiger charge is -2.23.